The number of aromatic nitrogens is 3. The normalized spacial score (nSPS) is 10.3. The van der Waals surface area contributed by atoms with E-state index >= 15 is 0 Å². The molecule has 0 aliphatic heterocycles. The van der Waals surface area contributed by atoms with Crippen LogP contribution in [0.1, 0.15) is 27.8 Å². The van der Waals surface area contributed by atoms with E-state index in [9.17, 15) is 9.59 Å². The van der Waals surface area contributed by atoms with Crippen LogP contribution in [0.3, 0.4) is 0 Å². The summed E-state index contributed by atoms with van der Waals surface area (Å²) in [5.41, 5.74) is 1.85. The Balaban J connectivity index is 1.83. The van der Waals surface area contributed by atoms with Crippen molar-refractivity contribution in [2.45, 2.75) is 6.92 Å². The number of para-hydroxylation sites is 2. The molecule has 0 aliphatic rings. The fourth-order valence-corrected chi connectivity index (χ4v) is 2.14. The van der Waals surface area contributed by atoms with Crippen molar-refractivity contribution in [2.24, 2.45) is 0 Å². The van der Waals surface area contributed by atoms with Crippen LogP contribution in [-0.4, -0.2) is 26.7 Å². The lowest BCUT2D eigenvalue weighted by atomic mass is 10.1. The van der Waals surface area contributed by atoms with E-state index in [1.54, 1.807) is 24.3 Å². The highest BCUT2D eigenvalue weighted by molar-refractivity contribution is 6.08. The minimum Gasteiger partial charge on any atom is -0.320 e. The van der Waals surface area contributed by atoms with Gasteiger partial charge in [0, 0.05) is 5.56 Å². The molecule has 0 unspecified atom stereocenters. The molecule has 0 aliphatic carbocycles. The lowest BCUT2D eigenvalue weighted by Gasteiger charge is -2.07. The van der Waals surface area contributed by atoms with E-state index in [4.69, 9.17) is 0 Å². The zero-order chi connectivity index (χ0) is 16.2. The van der Waals surface area contributed by atoms with Gasteiger partial charge in [-0.3, -0.25) is 9.59 Å². The number of amides is 1. The average molecular weight is 306 g/mol. The van der Waals surface area contributed by atoms with Crippen LogP contribution in [0.15, 0.2) is 60.8 Å². The van der Waals surface area contributed by atoms with Crippen molar-refractivity contribution in [1.82, 2.24) is 15.0 Å². The van der Waals surface area contributed by atoms with Crippen molar-refractivity contribution < 1.29 is 9.59 Å². The Kier molecular flexibility index (Phi) is 3.97. The predicted molar refractivity (Wildman–Crippen MR) is 85.8 cm³/mol. The second-order valence-electron chi connectivity index (χ2n) is 4.91. The molecule has 1 heterocycles. The number of carbonyl (C=O) groups excluding carboxylic acids is 2. The largest absolute Gasteiger partial charge is 0.320 e. The third-order valence-electron chi connectivity index (χ3n) is 3.27. The van der Waals surface area contributed by atoms with E-state index in [0.29, 0.717) is 11.3 Å². The van der Waals surface area contributed by atoms with Crippen LogP contribution in [0.5, 0.6) is 0 Å². The maximum Gasteiger partial charge on any atom is 0.277 e. The molecule has 3 aromatic rings. The minimum atomic E-state index is -0.416. The molecule has 0 spiro atoms. The van der Waals surface area contributed by atoms with E-state index in [2.05, 4.69) is 15.5 Å². The van der Waals surface area contributed by atoms with E-state index in [-0.39, 0.29) is 11.5 Å². The molecule has 6 heteroatoms. The molecule has 1 N–H and O–H groups in total. The molecule has 0 atom stereocenters. The van der Waals surface area contributed by atoms with Gasteiger partial charge in [-0.25, -0.2) is 0 Å². The summed E-state index contributed by atoms with van der Waals surface area (Å²) in [5.74, 6) is -0.533. The molecule has 0 bridgehead atoms. The monoisotopic (exact) mass is 306 g/mol. The maximum atomic E-state index is 12.3. The first-order valence-corrected chi connectivity index (χ1v) is 7.04. The highest BCUT2D eigenvalue weighted by Gasteiger charge is 2.14. The number of carbonyl (C=O) groups is 2. The van der Waals surface area contributed by atoms with E-state index in [1.165, 1.54) is 17.9 Å². The first-order chi connectivity index (χ1) is 11.1. The Labute approximate surface area is 132 Å². The minimum absolute atomic E-state index is 0.117. The Morgan fingerprint density at radius 1 is 1.00 bits per heavy atom. The number of nitrogens with zero attached hydrogens (tertiary/aromatic N) is 3. The van der Waals surface area contributed by atoms with Gasteiger partial charge in [-0.15, -0.1) is 5.10 Å². The van der Waals surface area contributed by atoms with Gasteiger partial charge in [0.2, 0.25) is 0 Å². The molecule has 3 rings (SSSR count). The first kappa shape index (κ1) is 14.6. The second kappa shape index (κ2) is 6.23. The third kappa shape index (κ3) is 3.16. The summed E-state index contributed by atoms with van der Waals surface area (Å²) < 4.78 is 0. The van der Waals surface area contributed by atoms with Crippen LogP contribution >= 0.6 is 0 Å². The average Bonchev–Trinajstić information content (AvgIpc) is 3.06. The fourth-order valence-electron chi connectivity index (χ4n) is 2.14. The summed E-state index contributed by atoms with van der Waals surface area (Å²) in [6.07, 6.45) is 1.39. The van der Waals surface area contributed by atoms with Crippen molar-refractivity contribution in [2.75, 3.05) is 5.32 Å². The number of hydrogen-bond acceptors (Lipinski definition) is 4. The van der Waals surface area contributed by atoms with Crippen molar-refractivity contribution in [3.05, 3.63) is 72.1 Å². The molecule has 114 valence electrons. The van der Waals surface area contributed by atoms with Gasteiger partial charge in [-0.1, -0.05) is 30.3 Å². The van der Waals surface area contributed by atoms with Gasteiger partial charge >= 0.3 is 0 Å². The van der Waals surface area contributed by atoms with E-state index in [0.717, 1.165) is 5.69 Å². The van der Waals surface area contributed by atoms with Gasteiger partial charge in [0.25, 0.3) is 5.91 Å². The summed E-state index contributed by atoms with van der Waals surface area (Å²) >= 11 is 0. The Morgan fingerprint density at radius 2 is 1.70 bits per heavy atom. The summed E-state index contributed by atoms with van der Waals surface area (Å²) in [5, 5.41) is 10.9. The molecular formula is C17H14N4O2. The van der Waals surface area contributed by atoms with Crippen LogP contribution in [0.4, 0.5) is 5.69 Å². The highest BCUT2D eigenvalue weighted by atomic mass is 16.2. The predicted octanol–water partition coefficient (Wildman–Crippen LogP) is 2.72. The standard InChI is InChI=1S/C17H14N4O2/c1-12(22)14-9-5-6-10-15(14)19-17(23)16-11-18-21(20-16)13-7-3-2-4-8-13/h2-11H,1H3,(H,19,23). The Bertz CT molecular complexity index is 856. The number of hydrogen-bond donors (Lipinski definition) is 1. The summed E-state index contributed by atoms with van der Waals surface area (Å²) in [4.78, 5) is 25.3. The molecular weight excluding hydrogens is 292 g/mol. The van der Waals surface area contributed by atoms with Crippen LogP contribution in [-0.2, 0) is 0 Å². The molecule has 0 saturated carbocycles. The molecule has 0 saturated heterocycles. The van der Waals surface area contributed by atoms with Crippen LogP contribution in [0.25, 0.3) is 5.69 Å². The number of Topliss-reactive ketones (excluding diaryl/α,β-unsaturated/α-hetero) is 1. The Hall–Kier alpha value is -3.28. The zero-order valence-corrected chi connectivity index (χ0v) is 12.4. The van der Waals surface area contributed by atoms with Gasteiger partial charge in [0.1, 0.15) is 0 Å². The van der Waals surface area contributed by atoms with Crippen molar-refractivity contribution in [1.29, 1.82) is 0 Å². The van der Waals surface area contributed by atoms with Gasteiger partial charge in [0.15, 0.2) is 11.5 Å². The molecule has 0 fully saturated rings. The van der Waals surface area contributed by atoms with E-state index < -0.39 is 5.91 Å². The Morgan fingerprint density at radius 3 is 2.43 bits per heavy atom. The lowest BCUT2D eigenvalue weighted by Crippen LogP contribution is -2.15. The number of anilines is 1. The van der Waals surface area contributed by atoms with Crippen LogP contribution in [0, 0.1) is 0 Å². The smallest absolute Gasteiger partial charge is 0.277 e. The number of benzene rings is 2. The summed E-state index contributed by atoms with van der Waals surface area (Å²) in [6.45, 7) is 1.46. The SMILES string of the molecule is CC(=O)c1ccccc1NC(=O)c1cnn(-c2ccccc2)n1. The van der Waals surface area contributed by atoms with Crippen LogP contribution < -0.4 is 5.32 Å². The third-order valence-corrected chi connectivity index (χ3v) is 3.27. The quantitative estimate of drug-likeness (QED) is 0.752. The molecule has 0 radical (unpaired) electrons. The van der Waals surface area contributed by atoms with Gasteiger partial charge in [0.05, 0.1) is 17.6 Å². The first-order valence-electron chi connectivity index (χ1n) is 7.04. The molecule has 6 nitrogen and oxygen atoms in total. The summed E-state index contributed by atoms with van der Waals surface area (Å²) in [7, 11) is 0. The summed E-state index contributed by atoms with van der Waals surface area (Å²) in [6, 6.07) is 16.1. The van der Waals surface area contributed by atoms with Gasteiger partial charge < -0.3 is 5.32 Å². The molecule has 1 aromatic heterocycles. The number of rotatable bonds is 4. The highest BCUT2D eigenvalue weighted by Crippen LogP contribution is 2.16. The van der Waals surface area contributed by atoms with Gasteiger partial charge in [-0.05, 0) is 31.2 Å². The van der Waals surface area contributed by atoms with Crippen molar-refractivity contribution in [3.8, 4) is 5.69 Å². The maximum absolute atomic E-state index is 12.3. The number of nitrogens with one attached hydrogen (secondary N) is 1. The second-order valence-corrected chi connectivity index (χ2v) is 4.91. The zero-order valence-electron chi connectivity index (χ0n) is 12.4. The topological polar surface area (TPSA) is 76.9 Å². The van der Waals surface area contributed by atoms with Crippen molar-refractivity contribution >= 4 is 17.4 Å². The molecule has 1 amide bonds. The van der Waals surface area contributed by atoms with E-state index in [1.807, 2.05) is 30.3 Å². The molecule has 23 heavy (non-hydrogen) atoms. The van der Waals surface area contributed by atoms with Crippen LogP contribution in [0.2, 0.25) is 0 Å². The lowest BCUT2D eigenvalue weighted by molar-refractivity contribution is 0.101. The molecule has 2 aromatic carbocycles. The van der Waals surface area contributed by atoms with Gasteiger partial charge in [-0.2, -0.15) is 9.90 Å². The number of ketones is 1. The fraction of sp³-hybridized carbons (Fsp3) is 0.0588. The van der Waals surface area contributed by atoms with Crippen molar-refractivity contribution in [3.63, 3.8) is 0 Å².